The molecule has 5 heteroatoms. The molecule has 0 aromatic heterocycles. The normalized spacial score (nSPS) is 17.5. The molecule has 21 heavy (non-hydrogen) atoms. The van der Waals surface area contributed by atoms with Gasteiger partial charge in [-0.2, -0.15) is 0 Å². The van der Waals surface area contributed by atoms with Gasteiger partial charge in [-0.1, -0.05) is 12.7 Å². The highest BCUT2D eigenvalue weighted by atomic mass is 16.5. The molecule has 2 rings (SSSR count). The Balaban J connectivity index is 1.94. The Morgan fingerprint density at radius 1 is 1.38 bits per heavy atom. The third kappa shape index (κ3) is 4.08. The monoisotopic (exact) mass is 289 g/mol. The minimum absolute atomic E-state index is 0.0571. The molecule has 1 heterocycles. The van der Waals surface area contributed by atoms with Gasteiger partial charge in [-0.25, -0.2) is 0 Å². The van der Waals surface area contributed by atoms with Crippen LogP contribution >= 0.6 is 0 Å². The molecule has 112 valence electrons. The molecule has 1 aliphatic rings. The maximum atomic E-state index is 12.3. The van der Waals surface area contributed by atoms with Crippen molar-refractivity contribution in [2.45, 2.75) is 12.8 Å². The van der Waals surface area contributed by atoms with Gasteiger partial charge < -0.3 is 14.7 Å². The van der Waals surface area contributed by atoms with Gasteiger partial charge in [0.15, 0.2) is 0 Å². The van der Waals surface area contributed by atoms with Gasteiger partial charge in [-0.15, -0.1) is 0 Å². The topological polar surface area (TPSA) is 66.8 Å². The van der Waals surface area contributed by atoms with E-state index >= 15 is 0 Å². The standard InChI is InChI=1S/C16H19NO4/c1-2-9-21-14-5-3-13(4-6-14)16(20)17-8-7-12(11-17)10-15(18)19/h2-6,12H,1,7-11H2,(H,18,19). The zero-order valence-corrected chi connectivity index (χ0v) is 11.8. The number of amides is 1. The molecule has 1 aliphatic heterocycles. The summed E-state index contributed by atoms with van der Waals surface area (Å²) in [4.78, 5) is 24.7. The van der Waals surface area contributed by atoms with Crippen LogP contribution in [0.4, 0.5) is 0 Å². The molecule has 1 atom stereocenters. The summed E-state index contributed by atoms with van der Waals surface area (Å²) in [5.41, 5.74) is 0.594. The van der Waals surface area contributed by atoms with Crippen molar-refractivity contribution in [3.05, 3.63) is 42.5 Å². The van der Waals surface area contributed by atoms with Gasteiger partial charge in [-0.3, -0.25) is 9.59 Å². The average molecular weight is 289 g/mol. The van der Waals surface area contributed by atoms with Gasteiger partial charge in [0.25, 0.3) is 5.91 Å². The number of carbonyl (C=O) groups is 2. The summed E-state index contributed by atoms with van der Waals surface area (Å²) >= 11 is 0. The number of ether oxygens (including phenoxy) is 1. The molecule has 1 N–H and O–H groups in total. The molecule has 1 saturated heterocycles. The second-order valence-electron chi connectivity index (χ2n) is 5.13. The highest BCUT2D eigenvalue weighted by Gasteiger charge is 2.28. The fourth-order valence-electron chi connectivity index (χ4n) is 2.46. The van der Waals surface area contributed by atoms with Crippen molar-refractivity contribution < 1.29 is 19.4 Å². The molecule has 0 aliphatic carbocycles. The molecule has 0 bridgehead atoms. The predicted octanol–water partition coefficient (Wildman–Crippen LogP) is 2.19. The van der Waals surface area contributed by atoms with Crippen molar-refractivity contribution in [2.24, 2.45) is 5.92 Å². The van der Waals surface area contributed by atoms with E-state index in [2.05, 4.69) is 6.58 Å². The lowest BCUT2D eigenvalue weighted by atomic mass is 10.1. The van der Waals surface area contributed by atoms with E-state index in [1.165, 1.54) is 0 Å². The van der Waals surface area contributed by atoms with E-state index in [9.17, 15) is 9.59 Å². The molecule has 0 spiro atoms. The lowest BCUT2D eigenvalue weighted by Gasteiger charge is -2.16. The number of carbonyl (C=O) groups excluding carboxylic acids is 1. The Morgan fingerprint density at radius 2 is 2.10 bits per heavy atom. The number of carboxylic acids is 1. The van der Waals surface area contributed by atoms with Gasteiger partial charge >= 0.3 is 5.97 Å². The second-order valence-corrected chi connectivity index (χ2v) is 5.13. The van der Waals surface area contributed by atoms with Crippen molar-refractivity contribution in [3.63, 3.8) is 0 Å². The average Bonchev–Trinajstić information content (AvgIpc) is 2.92. The second kappa shape index (κ2) is 6.92. The summed E-state index contributed by atoms with van der Waals surface area (Å²) in [6, 6.07) is 6.96. The minimum Gasteiger partial charge on any atom is -0.490 e. The molecule has 1 fully saturated rings. The number of hydrogen-bond acceptors (Lipinski definition) is 3. The fraction of sp³-hybridized carbons (Fsp3) is 0.375. The van der Waals surface area contributed by atoms with Crippen LogP contribution in [-0.4, -0.2) is 41.6 Å². The quantitative estimate of drug-likeness (QED) is 0.815. The number of likely N-dealkylation sites (tertiary alicyclic amines) is 1. The minimum atomic E-state index is -0.807. The number of carboxylic acid groups (broad SMARTS) is 1. The summed E-state index contributed by atoms with van der Waals surface area (Å²) in [7, 11) is 0. The van der Waals surface area contributed by atoms with Gasteiger partial charge in [-0.05, 0) is 36.6 Å². The number of nitrogens with zero attached hydrogens (tertiary/aromatic N) is 1. The van der Waals surface area contributed by atoms with E-state index in [1.807, 2.05) is 0 Å². The van der Waals surface area contributed by atoms with Crippen molar-refractivity contribution in [1.82, 2.24) is 4.90 Å². The van der Waals surface area contributed by atoms with Gasteiger partial charge in [0, 0.05) is 25.1 Å². The zero-order chi connectivity index (χ0) is 15.2. The molecule has 1 aromatic rings. The molecule has 1 aromatic carbocycles. The number of rotatable bonds is 6. The van der Waals surface area contributed by atoms with Crippen molar-refractivity contribution in [2.75, 3.05) is 19.7 Å². The van der Waals surface area contributed by atoms with E-state index in [0.29, 0.717) is 31.0 Å². The molecule has 0 saturated carbocycles. The molecule has 1 unspecified atom stereocenters. The van der Waals surface area contributed by atoms with Gasteiger partial charge in [0.1, 0.15) is 12.4 Å². The zero-order valence-electron chi connectivity index (χ0n) is 11.8. The SMILES string of the molecule is C=CCOc1ccc(C(=O)N2CCC(CC(=O)O)C2)cc1. The van der Waals surface area contributed by atoms with Gasteiger partial charge in [0.05, 0.1) is 0 Å². The van der Waals surface area contributed by atoms with Crippen LogP contribution in [0.3, 0.4) is 0 Å². The van der Waals surface area contributed by atoms with Gasteiger partial charge in [0.2, 0.25) is 0 Å². The van der Waals surface area contributed by atoms with E-state index in [4.69, 9.17) is 9.84 Å². The lowest BCUT2D eigenvalue weighted by molar-refractivity contribution is -0.138. The lowest BCUT2D eigenvalue weighted by Crippen LogP contribution is -2.28. The van der Waals surface area contributed by atoms with E-state index in [1.54, 1.807) is 35.2 Å². The number of aliphatic carboxylic acids is 1. The third-order valence-electron chi connectivity index (χ3n) is 3.51. The number of benzene rings is 1. The summed E-state index contributed by atoms with van der Waals surface area (Å²) in [5, 5.41) is 8.79. The largest absolute Gasteiger partial charge is 0.490 e. The summed E-state index contributed by atoms with van der Waals surface area (Å²) < 4.78 is 5.37. The van der Waals surface area contributed by atoms with Crippen LogP contribution in [0.25, 0.3) is 0 Å². The Bertz CT molecular complexity index is 524. The molecule has 1 amide bonds. The fourth-order valence-corrected chi connectivity index (χ4v) is 2.46. The smallest absolute Gasteiger partial charge is 0.303 e. The highest BCUT2D eigenvalue weighted by Crippen LogP contribution is 2.22. The maximum Gasteiger partial charge on any atom is 0.303 e. The van der Waals surface area contributed by atoms with Crippen LogP contribution in [0.5, 0.6) is 5.75 Å². The highest BCUT2D eigenvalue weighted by molar-refractivity contribution is 5.94. The Labute approximate surface area is 123 Å². The third-order valence-corrected chi connectivity index (χ3v) is 3.51. The van der Waals surface area contributed by atoms with Crippen molar-refractivity contribution >= 4 is 11.9 Å². The van der Waals surface area contributed by atoms with Crippen LogP contribution < -0.4 is 4.74 Å². The van der Waals surface area contributed by atoms with Crippen molar-refractivity contribution in [3.8, 4) is 5.75 Å². The van der Waals surface area contributed by atoms with E-state index < -0.39 is 5.97 Å². The first kappa shape index (κ1) is 15.1. The van der Waals surface area contributed by atoms with Crippen LogP contribution in [0.1, 0.15) is 23.2 Å². The Kier molecular flexibility index (Phi) is 4.98. The van der Waals surface area contributed by atoms with Crippen molar-refractivity contribution in [1.29, 1.82) is 0 Å². The Hall–Kier alpha value is -2.30. The first-order chi connectivity index (χ1) is 10.1. The van der Waals surface area contributed by atoms with Crippen LogP contribution in [-0.2, 0) is 4.79 Å². The summed E-state index contributed by atoms with van der Waals surface area (Å²) in [6.07, 6.45) is 2.53. The molecular formula is C16H19NO4. The molecule has 5 nitrogen and oxygen atoms in total. The summed E-state index contributed by atoms with van der Waals surface area (Å²) in [5.74, 6) is -0.116. The van der Waals surface area contributed by atoms with E-state index in [0.717, 1.165) is 6.42 Å². The molecule has 0 radical (unpaired) electrons. The number of hydrogen-bond donors (Lipinski definition) is 1. The first-order valence-corrected chi connectivity index (χ1v) is 6.95. The summed E-state index contributed by atoms with van der Waals surface area (Å²) in [6.45, 7) is 5.13. The van der Waals surface area contributed by atoms with Crippen LogP contribution in [0.2, 0.25) is 0 Å². The predicted molar refractivity (Wildman–Crippen MR) is 78.4 cm³/mol. The first-order valence-electron chi connectivity index (χ1n) is 6.95. The van der Waals surface area contributed by atoms with E-state index in [-0.39, 0.29) is 18.2 Å². The van der Waals surface area contributed by atoms with Crippen LogP contribution in [0.15, 0.2) is 36.9 Å². The van der Waals surface area contributed by atoms with Crippen LogP contribution in [0, 0.1) is 5.92 Å². The molecular weight excluding hydrogens is 270 g/mol. The Morgan fingerprint density at radius 3 is 2.71 bits per heavy atom. The maximum absolute atomic E-state index is 12.3.